The van der Waals surface area contributed by atoms with Gasteiger partial charge in [0.25, 0.3) is 0 Å². The first-order valence-electron chi connectivity index (χ1n) is 6.01. The van der Waals surface area contributed by atoms with Crippen LogP contribution in [0.5, 0.6) is 0 Å². The van der Waals surface area contributed by atoms with Crippen LogP contribution in [0.3, 0.4) is 0 Å². The normalized spacial score (nSPS) is 12.9. The minimum atomic E-state index is 0.103. The summed E-state index contributed by atoms with van der Waals surface area (Å²) in [4.78, 5) is 2.03. The highest BCUT2D eigenvalue weighted by Gasteiger charge is 2.14. The summed E-state index contributed by atoms with van der Waals surface area (Å²) < 4.78 is 0. The molecular weight excluding hydrogens is 216 g/mol. The summed E-state index contributed by atoms with van der Waals surface area (Å²) >= 11 is 0. The fourth-order valence-corrected chi connectivity index (χ4v) is 1.93. The van der Waals surface area contributed by atoms with Gasteiger partial charge in [0.15, 0.2) is 0 Å². The molecule has 0 fully saturated rings. The molecule has 0 aliphatic carbocycles. The van der Waals surface area contributed by atoms with Gasteiger partial charge in [-0.1, -0.05) is 30.3 Å². The maximum absolute atomic E-state index is 8.96. The molecule has 4 nitrogen and oxygen atoms in total. The second-order valence-corrected chi connectivity index (χ2v) is 4.09. The van der Waals surface area contributed by atoms with Crippen molar-refractivity contribution in [2.75, 3.05) is 39.4 Å². The van der Waals surface area contributed by atoms with Crippen molar-refractivity contribution >= 4 is 0 Å². The van der Waals surface area contributed by atoms with Crippen LogP contribution in [0.1, 0.15) is 11.5 Å². The van der Waals surface area contributed by atoms with E-state index in [0.29, 0.717) is 19.6 Å². The second-order valence-electron chi connectivity index (χ2n) is 4.09. The van der Waals surface area contributed by atoms with E-state index in [-0.39, 0.29) is 19.1 Å². The molecule has 0 amide bonds. The summed E-state index contributed by atoms with van der Waals surface area (Å²) in [5, 5.41) is 17.9. The number of benzene rings is 1. The van der Waals surface area contributed by atoms with Crippen LogP contribution in [0.25, 0.3) is 0 Å². The van der Waals surface area contributed by atoms with Crippen LogP contribution in [0.15, 0.2) is 30.3 Å². The first-order chi connectivity index (χ1) is 8.31. The van der Waals surface area contributed by atoms with E-state index in [1.165, 1.54) is 5.56 Å². The van der Waals surface area contributed by atoms with Crippen molar-refractivity contribution in [3.8, 4) is 0 Å². The number of hydrogen-bond acceptors (Lipinski definition) is 4. The van der Waals surface area contributed by atoms with Gasteiger partial charge in [-0.15, -0.1) is 0 Å². The predicted molar refractivity (Wildman–Crippen MR) is 68.8 cm³/mol. The highest BCUT2D eigenvalue weighted by atomic mass is 16.3. The zero-order valence-electron chi connectivity index (χ0n) is 10.1. The number of aliphatic hydroxyl groups excluding tert-OH is 2. The lowest BCUT2D eigenvalue weighted by atomic mass is 9.98. The quantitative estimate of drug-likeness (QED) is 0.597. The number of aliphatic hydroxyl groups is 2. The Hall–Kier alpha value is -0.940. The van der Waals surface area contributed by atoms with Gasteiger partial charge in [0.2, 0.25) is 0 Å². The largest absolute Gasteiger partial charge is 0.395 e. The molecule has 0 spiro atoms. The molecule has 1 rings (SSSR count). The Morgan fingerprint density at radius 3 is 2.12 bits per heavy atom. The van der Waals surface area contributed by atoms with Crippen molar-refractivity contribution in [2.24, 2.45) is 5.73 Å². The Morgan fingerprint density at radius 2 is 1.65 bits per heavy atom. The SMILES string of the molecule is NCC(CN(CCO)CCO)c1ccccc1. The van der Waals surface area contributed by atoms with Crippen LogP contribution in [0.4, 0.5) is 0 Å². The smallest absolute Gasteiger partial charge is 0.0558 e. The van der Waals surface area contributed by atoms with Gasteiger partial charge >= 0.3 is 0 Å². The lowest BCUT2D eigenvalue weighted by molar-refractivity contribution is 0.155. The maximum atomic E-state index is 8.96. The molecule has 17 heavy (non-hydrogen) atoms. The fourth-order valence-electron chi connectivity index (χ4n) is 1.93. The first kappa shape index (κ1) is 14.1. The highest BCUT2D eigenvalue weighted by Crippen LogP contribution is 2.15. The van der Waals surface area contributed by atoms with Gasteiger partial charge in [-0.25, -0.2) is 0 Å². The zero-order chi connectivity index (χ0) is 12.5. The molecule has 96 valence electrons. The molecule has 0 aliphatic rings. The number of nitrogens with two attached hydrogens (primary N) is 1. The van der Waals surface area contributed by atoms with Crippen LogP contribution in [-0.2, 0) is 0 Å². The average Bonchev–Trinajstić information content (AvgIpc) is 2.37. The summed E-state index contributed by atoms with van der Waals surface area (Å²) in [7, 11) is 0. The second kappa shape index (κ2) is 8.20. The van der Waals surface area contributed by atoms with Crippen molar-refractivity contribution in [3.05, 3.63) is 35.9 Å². The molecule has 1 aromatic rings. The van der Waals surface area contributed by atoms with Crippen molar-refractivity contribution in [1.29, 1.82) is 0 Å². The van der Waals surface area contributed by atoms with Gasteiger partial charge in [-0.05, 0) is 5.56 Å². The summed E-state index contributed by atoms with van der Waals surface area (Å²) in [5.74, 6) is 0.245. The van der Waals surface area contributed by atoms with Crippen LogP contribution < -0.4 is 5.73 Å². The van der Waals surface area contributed by atoms with Gasteiger partial charge in [-0.3, -0.25) is 4.90 Å². The summed E-state index contributed by atoms with van der Waals surface area (Å²) in [5.41, 5.74) is 7.00. The summed E-state index contributed by atoms with van der Waals surface area (Å²) in [6.45, 7) is 2.69. The number of nitrogens with zero attached hydrogens (tertiary/aromatic N) is 1. The standard InChI is InChI=1S/C13H22N2O2/c14-10-13(12-4-2-1-3-5-12)11-15(6-8-16)7-9-17/h1-5,13,16-17H,6-11,14H2. The molecule has 0 radical (unpaired) electrons. The molecule has 0 bridgehead atoms. The Balaban J connectivity index is 2.61. The lowest BCUT2D eigenvalue weighted by Crippen LogP contribution is -2.35. The van der Waals surface area contributed by atoms with Crippen molar-refractivity contribution in [3.63, 3.8) is 0 Å². The fraction of sp³-hybridized carbons (Fsp3) is 0.538. The molecule has 0 saturated heterocycles. The van der Waals surface area contributed by atoms with Gasteiger partial charge in [0.1, 0.15) is 0 Å². The molecule has 0 heterocycles. The van der Waals surface area contributed by atoms with E-state index in [1.54, 1.807) is 0 Å². The molecule has 0 aromatic heterocycles. The van der Waals surface area contributed by atoms with Gasteiger partial charge in [-0.2, -0.15) is 0 Å². The first-order valence-corrected chi connectivity index (χ1v) is 6.01. The van der Waals surface area contributed by atoms with Crippen molar-refractivity contribution in [1.82, 2.24) is 4.90 Å². The molecule has 1 atom stereocenters. The summed E-state index contributed by atoms with van der Waals surface area (Å²) in [6.07, 6.45) is 0. The van der Waals surface area contributed by atoms with Gasteiger partial charge in [0.05, 0.1) is 13.2 Å². The van der Waals surface area contributed by atoms with E-state index in [4.69, 9.17) is 15.9 Å². The average molecular weight is 238 g/mol. The van der Waals surface area contributed by atoms with Gasteiger partial charge in [0, 0.05) is 32.1 Å². The van der Waals surface area contributed by atoms with E-state index in [2.05, 4.69) is 12.1 Å². The third kappa shape index (κ3) is 4.83. The zero-order valence-corrected chi connectivity index (χ0v) is 10.1. The Labute approximate surface area is 103 Å². The van der Waals surface area contributed by atoms with E-state index < -0.39 is 0 Å². The molecule has 0 saturated carbocycles. The third-order valence-electron chi connectivity index (χ3n) is 2.87. The molecule has 4 N–H and O–H groups in total. The Morgan fingerprint density at radius 1 is 1.06 bits per heavy atom. The van der Waals surface area contributed by atoms with E-state index in [0.717, 1.165) is 6.54 Å². The molecule has 1 aromatic carbocycles. The van der Waals surface area contributed by atoms with Gasteiger partial charge < -0.3 is 15.9 Å². The maximum Gasteiger partial charge on any atom is 0.0558 e. The van der Waals surface area contributed by atoms with E-state index in [1.807, 2.05) is 23.1 Å². The predicted octanol–water partition coefficient (Wildman–Crippen LogP) is 0.0155. The number of hydrogen-bond donors (Lipinski definition) is 3. The third-order valence-corrected chi connectivity index (χ3v) is 2.87. The molecule has 4 heteroatoms. The topological polar surface area (TPSA) is 69.7 Å². The number of rotatable bonds is 8. The van der Waals surface area contributed by atoms with E-state index >= 15 is 0 Å². The minimum Gasteiger partial charge on any atom is -0.395 e. The van der Waals surface area contributed by atoms with Crippen molar-refractivity contribution in [2.45, 2.75) is 5.92 Å². The van der Waals surface area contributed by atoms with Crippen LogP contribution in [0, 0.1) is 0 Å². The lowest BCUT2D eigenvalue weighted by Gasteiger charge is -2.25. The summed E-state index contributed by atoms with van der Waals surface area (Å²) in [6, 6.07) is 10.1. The molecule has 0 aliphatic heterocycles. The highest BCUT2D eigenvalue weighted by molar-refractivity contribution is 5.20. The van der Waals surface area contributed by atoms with E-state index in [9.17, 15) is 0 Å². The Kier molecular flexibility index (Phi) is 6.81. The monoisotopic (exact) mass is 238 g/mol. The Bertz CT molecular complexity index is 287. The molecular formula is C13H22N2O2. The van der Waals surface area contributed by atoms with Crippen LogP contribution >= 0.6 is 0 Å². The van der Waals surface area contributed by atoms with Crippen LogP contribution in [-0.4, -0.2) is 54.5 Å². The molecule has 1 unspecified atom stereocenters. The van der Waals surface area contributed by atoms with Crippen molar-refractivity contribution < 1.29 is 10.2 Å². The van der Waals surface area contributed by atoms with Crippen LogP contribution in [0.2, 0.25) is 0 Å². The minimum absolute atomic E-state index is 0.103.